The van der Waals surface area contributed by atoms with Crippen molar-refractivity contribution in [2.75, 3.05) is 6.26 Å². The van der Waals surface area contributed by atoms with Gasteiger partial charge in [-0.1, -0.05) is 0 Å². The highest BCUT2D eigenvalue weighted by Gasteiger charge is 2.06. The summed E-state index contributed by atoms with van der Waals surface area (Å²) in [6.07, 6.45) is 4.80. The van der Waals surface area contributed by atoms with Crippen LogP contribution in [-0.2, 0) is 11.2 Å². The summed E-state index contributed by atoms with van der Waals surface area (Å²) < 4.78 is 0. The van der Waals surface area contributed by atoms with Crippen LogP contribution in [0.5, 0.6) is 0 Å². The Morgan fingerprint density at radius 3 is 3.08 bits per heavy atom. The van der Waals surface area contributed by atoms with Crippen LogP contribution in [0.4, 0.5) is 0 Å². The van der Waals surface area contributed by atoms with E-state index < -0.39 is 5.97 Å². The molecule has 0 saturated carbocycles. The van der Waals surface area contributed by atoms with Crippen LogP contribution in [0.1, 0.15) is 5.69 Å². The lowest BCUT2D eigenvalue weighted by Gasteiger charge is -2.00. The molecule has 1 rings (SSSR count). The lowest BCUT2D eigenvalue weighted by molar-refractivity contribution is -0.136. The van der Waals surface area contributed by atoms with Gasteiger partial charge in [0.1, 0.15) is 6.33 Å². The number of hydrogen-bond donors (Lipinski definition) is 1. The first kappa shape index (κ1) is 8.99. The largest absolute Gasteiger partial charge is 0.481 e. The number of carboxylic acid groups (broad SMARTS) is 1. The fourth-order valence-corrected chi connectivity index (χ4v) is 1.32. The summed E-state index contributed by atoms with van der Waals surface area (Å²) in [4.78, 5) is 18.9. The van der Waals surface area contributed by atoms with E-state index in [1.165, 1.54) is 18.1 Å². The Morgan fingerprint density at radius 2 is 2.50 bits per heavy atom. The molecule has 0 spiro atoms. The van der Waals surface area contributed by atoms with Crippen LogP contribution in [0.3, 0.4) is 0 Å². The topological polar surface area (TPSA) is 63.1 Å². The minimum Gasteiger partial charge on any atom is -0.481 e. The Hall–Kier alpha value is -1.10. The van der Waals surface area contributed by atoms with Gasteiger partial charge >= 0.3 is 5.97 Å². The Labute approximate surface area is 74.0 Å². The van der Waals surface area contributed by atoms with Crippen molar-refractivity contribution in [2.24, 2.45) is 0 Å². The molecule has 0 fully saturated rings. The first-order chi connectivity index (χ1) is 5.74. The molecule has 1 heterocycles. The number of aliphatic carboxylic acids is 1. The van der Waals surface area contributed by atoms with Crippen LogP contribution >= 0.6 is 11.8 Å². The van der Waals surface area contributed by atoms with Crippen molar-refractivity contribution in [3.8, 4) is 0 Å². The Morgan fingerprint density at radius 1 is 1.75 bits per heavy atom. The first-order valence-corrected chi connectivity index (χ1v) is 4.51. The van der Waals surface area contributed by atoms with E-state index >= 15 is 0 Å². The Balaban J connectivity index is 2.89. The van der Waals surface area contributed by atoms with E-state index in [-0.39, 0.29) is 6.42 Å². The monoisotopic (exact) mass is 184 g/mol. The summed E-state index contributed by atoms with van der Waals surface area (Å²) in [7, 11) is 0. The minimum atomic E-state index is -0.871. The van der Waals surface area contributed by atoms with Crippen molar-refractivity contribution in [2.45, 2.75) is 11.3 Å². The van der Waals surface area contributed by atoms with Crippen molar-refractivity contribution < 1.29 is 9.90 Å². The maximum atomic E-state index is 10.4. The SMILES string of the molecule is CSc1cncnc1CC(=O)O. The molecule has 4 nitrogen and oxygen atoms in total. The molecule has 0 aliphatic heterocycles. The van der Waals surface area contributed by atoms with E-state index in [1.54, 1.807) is 6.20 Å². The Bertz CT molecular complexity index is 290. The zero-order chi connectivity index (χ0) is 8.97. The van der Waals surface area contributed by atoms with E-state index in [0.717, 1.165) is 4.90 Å². The molecule has 0 unspecified atom stereocenters. The predicted octanol–water partition coefficient (Wildman–Crippen LogP) is 0.826. The quantitative estimate of drug-likeness (QED) is 0.705. The molecule has 5 heteroatoms. The second-order valence-corrected chi connectivity index (χ2v) is 2.96. The van der Waals surface area contributed by atoms with E-state index in [9.17, 15) is 4.79 Å². The normalized spacial score (nSPS) is 9.75. The highest BCUT2D eigenvalue weighted by atomic mass is 32.2. The van der Waals surface area contributed by atoms with E-state index in [4.69, 9.17) is 5.11 Å². The van der Waals surface area contributed by atoms with Crippen LogP contribution in [0.15, 0.2) is 17.4 Å². The van der Waals surface area contributed by atoms with Crippen molar-refractivity contribution in [1.29, 1.82) is 0 Å². The second-order valence-electron chi connectivity index (χ2n) is 2.11. The van der Waals surface area contributed by atoms with Crippen LogP contribution in [0.25, 0.3) is 0 Å². The van der Waals surface area contributed by atoms with Crippen LogP contribution in [0, 0.1) is 0 Å². The van der Waals surface area contributed by atoms with Gasteiger partial charge in [-0.15, -0.1) is 11.8 Å². The number of aromatic nitrogens is 2. The van der Waals surface area contributed by atoms with Crippen LogP contribution < -0.4 is 0 Å². The summed E-state index contributed by atoms with van der Waals surface area (Å²) >= 11 is 1.45. The van der Waals surface area contributed by atoms with Crippen molar-refractivity contribution in [3.63, 3.8) is 0 Å². The number of hydrogen-bond acceptors (Lipinski definition) is 4. The van der Waals surface area contributed by atoms with Gasteiger partial charge in [-0.2, -0.15) is 0 Å². The van der Waals surface area contributed by atoms with Crippen molar-refractivity contribution >= 4 is 17.7 Å². The maximum Gasteiger partial charge on any atom is 0.309 e. The molecule has 1 aromatic rings. The molecule has 12 heavy (non-hydrogen) atoms. The molecule has 0 amide bonds. The minimum absolute atomic E-state index is 0.0430. The summed E-state index contributed by atoms with van der Waals surface area (Å²) in [6, 6.07) is 0. The van der Waals surface area contributed by atoms with Gasteiger partial charge in [0.2, 0.25) is 0 Å². The van der Waals surface area contributed by atoms with Gasteiger partial charge in [-0.3, -0.25) is 4.79 Å². The fourth-order valence-electron chi connectivity index (χ4n) is 0.789. The zero-order valence-electron chi connectivity index (χ0n) is 6.52. The molecule has 0 atom stereocenters. The number of thioether (sulfide) groups is 1. The summed E-state index contributed by atoms with van der Waals surface area (Å²) in [5.74, 6) is -0.871. The smallest absolute Gasteiger partial charge is 0.309 e. The Kier molecular flexibility index (Phi) is 3.04. The van der Waals surface area contributed by atoms with Crippen LogP contribution in [-0.4, -0.2) is 27.3 Å². The molecule has 0 aliphatic rings. The van der Waals surface area contributed by atoms with Gasteiger partial charge in [-0.05, 0) is 6.26 Å². The third kappa shape index (κ3) is 2.20. The number of carboxylic acids is 1. The van der Waals surface area contributed by atoms with Crippen molar-refractivity contribution in [1.82, 2.24) is 9.97 Å². The number of rotatable bonds is 3. The second kappa shape index (κ2) is 4.06. The van der Waals surface area contributed by atoms with E-state index in [0.29, 0.717) is 5.69 Å². The molecular formula is C7H8N2O2S. The van der Waals surface area contributed by atoms with Crippen molar-refractivity contribution in [3.05, 3.63) is 18.2 Å². The molecule has 64 valence electrons. The van der Waals surface area contributed by atoms with Gasteiger partial charge in [0.15, 0.2) is 0 Å². The molecular weight excluding hydrogens is 176 g/mol. The van der Waals surface area contributed by atoms with Crippen LogP contribution in [0.2, 0.25) is 0 Å². The first-order valence-electron chi connectivity index (χ1n) is 3.28. The lowest BCUT2D eigenvalue weighted by Crippen LogP contribution is -2.03. The molecule has 0 aliphatic carbocycles. The third-order valence-corrected chi connectivity index (χ3v) is 2.08. The molecule has 1 N–H and O–H groups in total. The highest BCUT2D eigenvalue weighted by Crippen LogP contribution is 2.16. The summed E-state index contributed by atoms with van der Waals surface area (Å²) in [6.45, 7) is 0. The average Bonchev–Trinajstić information content (AvgIpc) is 2.04. The van der Waals surface area contributed by atoms with Gasteiger partial charge in [-0.25, -0.2) is 9.97 Å². The maximum absolute atomic E-state index is 10.4. The summed E-state index contributed by atoms with van der Waals surface area (Å²) in [5.41, 5.74) is 0.574. The molecule has 0 bridgehead atoms. The summed E-state index contributed by atoms with van der Waals surface area (Å²) in [5, 5.41) is 8.52. The fraction of sp³-hybridized carbons (Fsp3) is 0.286. The zero-order valence-corrected chi connectivity index (χ0v) is 7.34. The molecule has 0 radical (unpaired) electrons. The van der Waals surface area contributed by atoms with Gasteiger partial charge in [0.25, 0.3) is 0 Å². The molecule has 0 saturated heterocycles. The van der Waals surface area contributed by atoms with Gasteiger partial charge in [0, 0.05) is 11.1 Å². The van der Waals surface area contributed by atoms with E-state index in [1.807, 2.05) is 6.26 Å². The van der Waals surface area contributed by atoms with Gasteiger partial charge < -0.3 is 5.11 Å². The molecule has 1 aromatic heterocycles. The molecule has 0 aromatic carbocycles. The highest BCUT2D eigenvalue weighted by molar-refractivity contribution is 7.98. The number of nitrogens with zero attached hydrogens (tertiary/aromatic N) is 2. The predicted molar refractivity (Wildman–Crippen MR) is 45.2 cm³/mol. The van der Waals surface area contributed by atoms with E-state index in [2.05, 4.69) is 9.97 Å². The average molecular weight is 184 g/mol. The lowest BCUT2D eigenvalue weighted by atomic mass is 10.3. The third-order valence-electron chi connectivity index (χ3n) is 1.30. The van der Waals surface area contributed by atoms with Gasteiger partial charge in [0.05, 0.1) is 12.1 Å². The standard InChI is InChI=1S/C7H8N2O2S/c1-12-6-3-8-4-9-5(6)2-7(10)11/h3-4H,2H2,1H3,(H,10,11). The number of carbonyl (C=O) groups is 1.